The number of ketones is 1. The molecule has 2 aromatic rings. The van der Waals surface area contributed by atoms with Gasteiger partial charge in [0.15, 0.2) is 0 Å². The lowest BCUT2D eigenvalue weighted by atomic mass is 9.89. The molecule has 0 unspecified atom stereocenters. The lowest BCUT2D eigenvalue weighted by Gasteiger charge is -2.16. The number of carbonyl (C=O) groups excluding carboxylic acids is 1. The molecule has 0 amide bonds. The molecule has 1 aromatic carbocycles. The van der Waals surface area contributed by atoms with Gasteiger partial charge in [-0.3, -0.25) is 4.79 Å². The fourth-order valence-electron chi connectivity index (χ4n) is 1.81. The molecule has 1 aromatic heterocycles. The normalized spacial score (nSPS) is 11.7. The van der Waals surface area contributed by atoms with Crippen LogP contribution in [0, 0.1) is 18.6 Å². The first-order chi connectivity index (χ1) is 9.23. The van der Waals surface area contributed by atoms with Crippen molar-refractivity contribution in [2.45, 2.75) is 33.1 Å². The summed E-state index contributed by atoms with van der Waals surface area (Å²) in [6.45, 7) is 7.08. The van der Waals surface area contributed by atoms with Gasteiger partial charge in [-0.05, 0) is 30.1 Å². The molecule has 0 aliphatic rings. The molecule has 2 rings (SSSR count). The Morgan fingerprint density at radius 2 is 1.90 bits per heavy atom. The standard InChI is InChI=1S/C14H14F2N2OS/c1-7-5-6-8(15)9(10(7)16)11(19)12-13(14(2,3)4)17-18-20-12/h5-6H,1-4H3. The molecule has 6 heteroatoms. The summed E-state index contributed by atoms with van der Waals surface area (Å²) in [5.74, 6) is -2.40. The summed E-state index contributed by atoms with van der Waals surface area (Å²) in [5.41, 5.74) is -0.284. The Morgan fingerprint density at radius 1 is 1.25 bits per heavy atom. The maximum Gasteiger partial charge on any atom is 0.212 e. The number of aromatic nitrogens is 2. The molecule has 0 N–H and O–H groups in total. The van der Waals surface area contributed by atoms with Gasteiger partial charge < -0.3 is 0 Å². The van der Waals surface area contributed by atoms with Crippen LogP contribution in [0.3, 0.4) is 0 Å². The second kappa shape index (κ2) is 5.01. The number of aryl methyl sites for hydroxylation is 1. The summed E-state index contributed by atoms with van der Waals surface area (Å²) in [4.78, 5) is 12.6. The molecule has 0 fully saturated rings. The van der Waals surface area contributed by atoms with E-state index in [0.717, 1.165) is 17.6 Å². The molecule has 0 saturated heterocycles. The fourth-order valence-corrected chi connectivity index (χ4v) is 2.63. The van der Waals surface area contributed by atoms with Crippen molar-refractivity contribution in [2.75, 3.05) is 0 Å². The average molecular weight is 296 g/mol. The van der Waals surface area contributed by atoms with Gasteiger partial charge in [-0.25, -0.2) is 8.78 Å². The lowest BCUT2D eigenvalue weighted by Crippen LogP contribution is -2.18. The van der Waals surface area contributed by atoms with Crippen molar-refractivity contribution in [2.24, 2.45) is 0 Å². The number of rotatable bonds is 2. The van der Waals surface area contributed by atoms with Crippen LogP contribution in [-0.2, 0) is 5.41 Å². The van der Waals surface area contributed by atoms with Crippen LogP contribution in [0.2, 0.25) is 0 Å². The molecule has 0 atom stereocenters. The minimum Gasteiger partial charge on any atom is -0.287 e. The molecule has 0 aliphatic heterocycles. The molecule has 0 bridgehead atoms. The van der Waals surface area contributed by atoms with E-state index in [1.165, 1.54) is 13.0 Å². The van der Waals surface area contributed by atoms with Gasteiger partial charge in [-0.2, -0.15) is 0 Å². The van der Waals surface area contributed by atoms with Crippen LogP contribution >= 0.6 is 11.5 Å². The zero-order valence-electron chi connectivity index (χ0n) is 11.6. The van der Waals surface area contributed by atoms with E-state index in [9.17, 15) is 13.6 Å². The maximum absolute atomic E-state index is 14.0. The summed E-state index contributed by atoms with van der Waals surface area (Å²) in [6.07, 6.45) is 0. The first kappa shape index (κ1) is 14.7. The van der Waals surface area contributed by atoms with E-state index in [4.69, 9.17) is 0 Å². The Kier molecular flexibility index (Phi) is 3.69. The van der Waals surface area contributed by atoms with Crippen LogP contribution in [0.5, 0.6) is 0 Å². The van der Waals surface area contributed by atoms with Crippen molar-refractivity contribution >= 4 is 17.3 Å². The van der Waals surface area contributed by atoms with Crippen molar-refractivity contribution in [3.05, 3.63) is 45.5 Å². The van der Waals surface area contributed by atoms with E-state index in [1.54, 1.807) is 0 Å². The van der Waals surface area contributed by atoms with E-state index in [1.807, 2.05) is 20.8 Å². The zero-order chi connectivity index (χ0) is 15.1. The van der Waals surface area contributed by atoms with Crippen molar-refractivity contribution in [1.82, 2.24) is 9.59 Å². The summed E-state index contributed by atoms with van der Waals surface area (Å²) in [7, 11) is 0. The second-order valence-corrected chi connectivity index (χ2v) is 6.34. The first-order valence-electron chi connectivity index (χ1n) is 6.05. The third-order valence-electron chi connectivity index (χ3n) is 2.92. The molecule has 0 radical (unpaired) electrons. The van der Waals surface area contributed by atoms with Crippen LogP contribution in [0.4, 0.5) is 8.78 Å². The van der Waals surface area contributed by atoms with E-state index < -0.39 is 28.4 Å². The van der Waals surface area contributed by atoms with Gasteiger partial charge in [-0.15, -0.1) is 5.10 Å². The van der Waals surface area contributed by atoms with Crippen molar-refractivity contribution in [3.63, 3.8) is 0 Å². The van der Waals surface area contributed by atoms with E-state index >= 15 is 0 Å². The van der Waals surface area contributed by atoms with Crippen LogP contribution < -0.4 is 0 Å². The molecule has 3 nitrogen and oxygen atoms in total. The van der Waals surface area contributed by atoms with Crippen LogP contribution in [0.1, 0.15) is 47.3 Å². The molecule has 0 saturated carbocycles. The van der Waals surface area contributed by atoms with E-state index in [0.29, 0.717) is 5.69 Å². The molecule has 0 spiro atoms. The number of benzene rings is 1. The van der Waals surface area contributed by atoms with Gasteiger partial charge in [-0.1, -0.05) is 31.3 Å². The third kappa shape index (κ3) is 2.47. The highest BCUT2D eigenvalue weighted by Crippen LogP contribution is 2.29. The predicted octanol–water partition coefficient (Wildman–Crippen LogP) is 3.65. The first-order valence-corrected chi connectivity index (χ1v) is 6.83. The minimum absolute atomic E-state index is 0.181. The second-order valence-electron chi connectivity index (χ2n) is 5.58. The Morgan fingerprint density at radius 3 is 2.50 bits per heavy atom. The smallest absolute Gasteiger partial charge is 0.212 e. The highest BCUT2D eigenvalue weighted by molar-refractivity contribution is 7.08. The quantitative estimate of drug-likeness (QED) is 0.794. The van der Waals surface area contributed by atoms with Crippen molar-refractivity contribution < 1.29 is 13.6 Å². The highest BCUT2D eigenvalue weighted by Gasteiger charge is 2.30. The Labute approximate surface area is 119 Å². The maximum atomic E-state index is 14.0. The summed E-state index contributed by atoms with van der Waals surface area (Å²) < 4.78 is 31.6. The summed E-state index contributed by atoms with van der Waals surface area (Å²) in [6, 6.07) is 2.40. The zero-order valence-corrected chi connectivity index (χ0v) is 12.4. The molecular weight excluding hydrogens is 282 g/mol. The average Bonchev–Trinajstić information content (AvgIpc) is 2.83. The van der Waals surface area contributed by atoms with E-state index in [2.05, 4.69) is 9.59 Å². The minimum atomic E-state index is -0.869. The van der Waals surface area contributed by atoms with Gasteiger partial charge >= 0.3 is 0 Å². The Bertz CT molecular complexity index is 674. The highest BCUT2D eigenvalue weighted by atomic mass is 32.1. The van der Waals surface area contributed by atoms with Crippen molar-refractivity contribution in [3.8, 4) is 0 Å². The summed E-state index contributed by atoms with van der Waals surface area (Å²) >= 11 is 0.859. The lowest BCUT2D eigenvalue weighted by molar-refractivity contribution is 0.103. The van der Waals surface area contributed by atoms with Crippen LogP contribution in [0.25, 0.3) is 0 Å². The van der Waals surface area contributed by atoms with Crippen molar-refractivity contribution in [1.29, 1.82) is 0 Å². The Hall–Kier alpha value is -1.69. The predicted molar refractivity (Wildman–Crippen MR) is 73.1 cm³/mol. The molecule has 106 valence electrons. The number of nitrogens with zero attached hydrogens (tertiary/aromatic N) is 2. The van der Waals surface area contributed by atoms with Gasteiger partial charge in [0.25, 0.3) is 0 Å². The number of hydrogen-bond acceptors (Lipinski definition) is 4. The van der Waals surface area contributed by atoms with Gasteiger partial charge in [0, 0.05) is 5.41 Å². The Balaban J connectivity index is 2.59. The molecular formula is C14H14F2N2OS. The molecule has 20 heavy (non-hydrogen) atoms. The van der Waals surface area contributed by atoms with Gasteiger partial charge in [0.2, 0.25) is 5.78 Å². The van der Waals surface area contributed by atoms with E-state index in [-0.39, 0.29) is 10.4 Å². The number of hydrogen-bond donors (Lipinski definition) is 0. The topological polar surface area (TPSA) is 42.9 Å². The monoisotopic (exact) mass is 296 g/mol. The molecule has 1 heterocycles. The van der Waals surface area contributed by atoms with Crippen LogP contribution in [-0.4, -0.2) is 15.4 Å². The number of carbonyl (C=O) groups is 1. The largest absolute Gasteiger partial charge is 0.287 e. The van der Waals surface area contributed by atoms with Gasteiger partial charge in [0.1, 0.15) is 16.5 Å². The van der Waals surface area contributed by atoms with Gasteiger partial charge in [0.05, 0.1) is 11.3 Å². The SMILES string of the molecule is Cc1ccc(F)c(C(=O)c2snnc2C(C)(C)C)c1F. The number of halogens is 2. The fraction of sp³-hybridized carbons (Fsp3) is 0.357. The van der Waals surface area contributed by atoms with Crippen LogP contribution in [0.15, 0.2) is 12.1 Å². The third-order valence-corrected chi connectivity index (χ3v) is 3.64. The molecule has 0 aliphatic carbocycles. The summed E-state index contributed by atoms with van der Waals surface area (Å²) in [5, 5.41) is 3.92.